The lowest BCUT2D eigenvalue weighted by atomic mass is 9.99. The second-order valence-corrected chi connectivity index (χ2v) is 7.61. The minimum atomic E-state index is -1.62. The molecular formula is C23H26O10. The van der Waals surface area contributed by atoms with Crippen molar-refractivity contribution >= 4 is 11.9 Å². The van der Waals surface area contributed by atoms with Gasteiger partial charge < -0.3 is 45.2 Å². The maximum absolute atomic E-state index is 12.2. The van der Waals surface area contributed by atoms with E-state index in [0.29, 0.717) is 12.0 Å². The van der Waals surface area contributed by atoms with E-state index in [4.69, 9.17) is 9.47 Å². The number of ketones is 1. The number of aliphatic hydroxyl groups is 4. The fraction of sp³-hybridized carbons (Fsp3) is 0.348. The van der Waals surface area contributed by atoms with Crippen molar-refractivity contribution in [1.29, 1.82) is 0 Å². The molecule has 2 aromatic rings. The van der Waals surface area contributed by atoms with Crippen LogP contribution in [0.2, 0.25) is 0 Å². The lowest BCUT2D eigenvalue weighted by molar-refractivity contribution is -0.277. The van der Waals surface area contributed by atoms with Crippen LogP contribution >= 0.6 is 0 Å². The van der Waals surface area contributed by atoms with Crippen molar-refractivity contribution in [3.8, 4) is 23.0 Å². The molecule has 10 nitrogen and oxygen atoms in total. The summed E-state index contributed by atoms with van der Waals surface area (Å²) >= 11 is 0. The van der Waals surface area contributed by atoms with Crippen molar-refractivity contribution in [3.63, 3.8) is 0 Å². The first-order chi connectivity index (χ1) is 15.7. The van der Waals surface area contributed by atoms with Gasteiger partial charge in [-0.1, -0.05) is 18.2 Å². The molecule has 33 heavy (non-hydrogen) atoms. The van der Waals surface area contributed by atoms with E-state index in [1.807, 2.05) is 0 Å². The zero-order valence-corrected chi connectivity index (χ0v) is 17.5. The third-order valence-corrected chi connectivity index (χ3v) is 5.22. The second-order valence-electron chi connectivity index (χ2n) is 7.61. The monoisotopic (exact) mass is 462 g/mol. The summed E-state index contributed by atoms with van der Waals surface area (Å²) in [5.41, 5.74) is 0.876. The van der Waals surface area contributed by atoms with Crippen LogP contribution in [-0.4, -0.2) is 78.8 Å². The highest BCUT2D eigenvalue weighted by atomic mass is 16.7. The molecule has 0 aliphatic carbocycles. The maximum Gasteiger partial charge on any atom is 0.229 e. The molecule has 0 saturated carbocycles. The first-order valence-electron chi connectivity index (χ1n) is 10.2. The number of hydrogen-bond acceptors (Lipinski definition) is 10. The van der Waals surface area contributed by atoms with E-state index in [9.17, 15) is 40.5 Å². The molecule has 0 aromatic heterocycles. The summed E-state index contributed by atoms with van der Waals surface area (Å²) in [4.78, 5) is 12.2. The average molecular weight is 462 g/mol. The largest absolute Gasteiger partial charge is 0.504 e. The van der Waals surface area contributed by atoms with Crippen LogP contribution in [0.5, 0.6) is 23.0 Å². The summed E-state index contributed by atoms with van der Waals surface area (Å²) in [6, 6.07) is 8.25. The van der Waals surface area contributed by atoms with E-state index >= 15 is 0 Å². The van der Waals surface area contributed by atoms with Gasteiger partial charge >= 0.3 is 0 Å². The quantitative estimate of drug-likeness (QED) is 0.218. The van der Waals surface area contributed by atoms with Gasteiger partial charge in [-0.25, -0.2) is 0 Å². The molecule has 2 aromatic carbocycles. The Hall–Kier alpha value is -3.15. The number of aromatic hydroxyl groups is 3. The molecule has 0 spiro atoms. The number of aliphatic hydroxyl groups excluding tert-OH is 4. The Balaban J connectivity index is 1.62. The summed E-state index contributed by atoms with van der Waals surface area (Å²) in [6.07, 6.45) is -3.40. The van der Waals surface area contributed by atoms with Crippen molar-refractivity contribution in [2.75, 3.05) is 6.61 Å². The van der Waals surface area contributed by atoms with Crippen molar-refractivity contribution in [2.24, 2.45) is 0 Å². The van der Waals surface area contributed by atoms with Gasteiger partial charge in [0.05, 0.1) is 6.61 Å². The number of rotatable bonds is 8. The Kier molecular flexibility index (Phi) is 7.90. The molecule has 1 saturated heterocycles. The van der Waals surface area contributed by atoms with Gasteiger partial charge in [0.25, 0.3) is 0 Å². The number of Topliss-reactive ketones (excluding diaryl/α,β-unsaturated/α-hetero) is 1. The molecule has 0 unspecified atom stereocenters. The fourth-order valence-electron chi connectivity index (χ4n) is 3.29. The van der Waals surface area contributed by atoms with Gasteiger partial charge in [0.2, 0.25) is 6.29 Å². The van der Waals surface area contributed by atoms with Gasteiger partial charge in [-0.15, -0.1) is 0 Å². The predicted molar refractivity (Wildman–Crippen MR) is 115 cm³/mol. The summed E-state index contributed by atoms with van der Waals surface area (Å²) in [7, 11) is 0. The summed E-state index contributed by atoms with van der Waals surface area (Å²) in [5.74, 6) is -1.20. The number of ether oxygens (including phenoxy) is 2. The molecule has 0 amide bonds. The first kappa shape index (κ1) is 24.5. The fourth-order valence-corrected chi connectivity index (χ4v) is 3.29. The summed E-state index contributed by atoms with van der Waals surface area (Å²) < 4.78 is 10.8. The zero-order valence-electron chi connectivity index (χ0n) is 17.5. The molecule has 3 rings (SSSR count). The highest BCUT2D eigenvalue weighted by molar-refractivity contribution is 5.96. The van der Waals surface area contributed by atoms with Gasteiger partial charge in [0, 0.05) is 12.0 Å². The second kappa shape index (κ2) is 10.6. The third kappa shape index (κ3) is 5.81. The van der Waals surface area contributed by atoms with Crippen LogP contribution in [0, 0.1) is 0 Å². The van der Waals surface area contributed by atoms with Crippen LogP contribution in [0.4, 0.5) is 0 Å². The van der Waals surface area contributed by atoms with Crippen LogP contribution in [0.25, 0.3) is 6.08 Å². The highest BCUT2D eigenvalue weighted by Gasteiger charge is 2.44. The van der Waals surface area contributed by atoms with E-state index in [0.717, 1.165) is 0 Å². The number of benzene rings is 2. The number of hydrogen-bond donors (Lipinski definition) is 7. The number of phenols is 3. The molecule has 10 heteroatoms. The van der Waals surface area contributed by atoms with E-state index < -0.39 is 37.3 Å². The van der Waals surface area contributed by atoms with Crippen molar-refractivity contribution in [3.05, 3.63) is 53.6 Å². The SMILES string of the molecule is O=C(CCC=Cc1ccc(O)c(O[C@@H]2O[C@H](CO)[C@@H](O)[C@H](O)[C@H]2O)c1)c1ccc(O)c(O)c1. The Bertz CT molecular complexity index is 1000. The Morgan fingerprint density at radius 3 is 2.36 bits per heavy atom. The molecular weight excluding hydrogens is 436 g/mol. The molecule has 1 aliphatic heterocycles. The number of phenolic OH excluding ortho intramolecular Hbond substituents is 3. The van der Waals surface area contributed by atoms with Crippen molar-refractivity contribution in [1.82, 2.24) is 0 Å². The zero-order chi connectivity index (χ0) is 24.1. The minimum Gasteiger partial charge on any atom is -0.504 e. The topological polar surface area (TPSA) is 177 Å². The average Bonchev–Trinajstić information content (AvgIpc) is 2.80. The lowest BCUT2D eigenvalue weighted by Gasteiger charge is -2.39. The van der Waals surface area contributed by atoms with E-state index in [2.05, 4.69) is 0 Å². The molecule has 1 heterocycles. The smallest absolute Gasteiger partial charge is 0.229 e. The molecule has 5 atom stereocenters. The first-order valence-corrected chi connectivity index (χ1v) is 10.2. The summed E-state index contributed by atoms with van der Waals surface area (Å²) in [6.45, 7) is -0.609. The van der Waals surface area contributed by atoms with Crippen LogP contribution < -0.4 is 4.74 Å². The molecule has 1 aliphatic rings. The van der Waals surface area contributed by atoms with Gasteiger partial charge in [-0.05, 0) is 42.3 Å². The Morgan fingerprint density at radius 1 is 0.939 bits per heavy atom. The standard InChI is InChI=1S/C23H26O10/c24-11-19-20(29)21(30)22(31)23(33-19)32-18-9-12(5-7-16(18)27)3-1-2-4-14(25)13-6-8-15(26)17(28)10-13/h1,3,5-10,19-24,26-31H,2,4,11H2/t19-,20-,21+,22-,23-/m1/s1. The predicted octanol–water partition coefficient (Wildman–Crippen LogP) is 0.658. The van der Waals surface area contributed by atoms with Crippen molar-refractivity contribution in [2.45, 2.75) is 43.5 Å². The Labute approximate surface area is 189 Å². The van der Waals surface area contributed by atoms with Crippen molar-refractivity contribution < 1.29 is 50.0 Å². The lowest BCUT2D eigenvalue weighted by Crippen LogP contribution is -2.60. The highest BCUT2D eigenvalue weighted by Crippen LogP contribution is 2.32. The molecule has 1 fully saturated rings. The van der Waals surface area contributed by atoms with Gasteiger partial charge in [-0.2, -0.15) is 0 Å². The number of carbonyl (C=O) groups is 1. The van der Waals surface area contributed by atoms with E-state index in [-0.39, 0.29) is 40.8 Å². The van der Waals surface area contributed by atoms with Gasteiger partial charge in [-0.3, -0.25) is 4.79 Å². The van der Waals surface area contributed by atoms with Gasteiger partial charge in [0.1, 0.15) is 24.4 Å². The Morgan fingerprint density at radius 2 is 1.67 bits per heavy atom. The van der Waals surface area contributed by atoms with Gasteiger partial charge in [0.15, 0.2) is 28.8 Å². The van der Waals surface area contributed by atoms with Crippen LogP contribution in [0.3, 0.4) is 0 Å². The molecule has 7 N–H and O–H groups in total. The summed E-state index contributed by atoms with van der Waals surface area (Å²) in [5, 5.41) is 68.0. The normalized spacial score (nSPS) is 25.3. The number of carbonyl (C=O) groups excluding carboxylic acids is 1. The number of allylic oxidation sites excluding steroid dienone is 1. The van der Waals surface area contributed by atoms with E-state index in [1.165, 1.54) is 30.3 Å². The van der Waals surface area contributed by atoms with E-state index in [1.54, 1.807) is 18.2 Å². The van der Waals surface area contributed by atoms with Crippen LogP contribution in [-0.2, 0) is 4.74 Å². The molecule has 0 bridgehead atoms. The minimum absolute atomic E-state index is 0.0582. The third-order valence-electron chi connectivity index (χ3n) is 5.22. The molecule has 178 valence electrons. The van der Waals surface area contributed by atoms with Crippen LogP contribution in [0.15, 0.2) is 42.5 Å². The van der Waals surface area contributed by atoms with Crippen LogP contribution in [0.1, 0.15) is 28.8 Å². The molecule has 0 radical (unpaired) electrons. The maximum atomic E-state index is 12.2.